The number of methoxy groups -OCH3 is 2. The van der Waals surface area contributed by atoms with Gasteiger partial charge in [-0.15, -0.1) is 0 Å². The molecule has 0 aliphatic carbocycles. The fraction of sp³-hybridized carbons (Fsp3) is 0.238. The maximum atomic E-state index is 6.12. The van der Waals surface area contributed by atoms with Crippen LogP contribution in [0.4, 0.5) is 0 Å². The van der Waals surface area contributed by atoms with E-state index in [0.29, 0.717) is 0 Å². The summed E-state index contributed by atoms with van der Waals surface area (Å²) in [5.74, 6) is 1.58. The lowest BCUT2D eigenvalue weighted by Gasteiger charge is -2.24. The number of benzene rings is 3. The molecule has 2 N–H and O–H groups in total. The summed E-state index contributed by atoms with van der Waals surface area (Å²) in [7, 11) is 3.46. The van der Waals surface area contributed by atoms with Crippen LogP contribution in [0.15, 0.2) is 97.5 Å². The molecule has 0 saturated carbocycles. The number of hydrogen-bond donors (Lipinski definition) is 2. The van der Waals surface area contributed by atoms with Crippen LogP contribution in [0.5, 0.6) is 11.5 Å². The Hall–Kier alpha value is -5.36. The topological polar surface area (TPSA) is 75.8 Å². The lowest BCUT2D eigenvalue weighted by atomic mass is 9.83. The van der Waals surface area contributed by atoms with Gasteiger partial charge in [0, 0.05) is 62.9 Å². The average Bonchev–Trinajstić information content (AvgIpc) is 3.81. The summed E-state index contributed by atoms with van der Waals surface area (Å²) < 4.78 is 12.2. The second kappa shape index (κ2) is 11.7. The second-order valence-electron chi connectivity index (χ2n) is 14.5. The zero-order valence-corrected chi connectivity index (χ0v) is 28.9. The third-order valence-electron chi connectivity index (χ3n) is 9.19. The van der Waals surface area contributed by atoms with Crippen molar-refractivity contribution in [1.82, 2.24) is 19.9 Å². The first kappa shape index (κ1) is 31.3. The Balaban J connectivity index is 1.47. The fourth-order valence-electron chi connectivity index (χ4n) is 6.42. The quantitative estimate of drug-likeness (QED) is 0.179. The Labute approximate surface area is 282 Å². The molecule has 7 rings (SSSR count). The molecule has 0 aliphatic rings. The Morgan fingerprint density at radius 1 is 0.562 bits per heavy atom. The average molecular weight is 635 g/mol. The fourth-order valence-corrected chi connectivity index (χ4v) is 6.42. The van der Waals surface area contributed by atoms with Crippen molar-refractivity contribution in [1.29, 1.82) is 0 Å². The van der Waals surface area contributed by atoms with Crippen LogP contribution in [0.2, 0.25) is 0 Å². The Kier molecular flexibility index (Phi) is 7.62. The number of hydrogen-bond acceptors (Lipinski definition) is 4. The number of ether oxygens (including phenoxy) is 2. The third-order valence-corrected chi connectivity index (χ3v) is 9.19. The van der Waals surface area contributed by atoms with Crippen molar-refractivity contribution < 1.29 is 9.47 Å². The number of nitrogens with one attached hydrogen (secondary N) is 2. The van der Waals surface area contributed by atoms with Gasteiger partial charge in [0.15, 0.2) is 0 Å². The molecule has 0 radical (unpaired) electrons. The molecule has 4 aromatic heterocycles. The van der Waals surface area contributed by atoms with Gasteiger partial charge in [-0.2, -0.15) is 0 Å². The van der Waals surface area contributed by atoms with Gasteiger partial charge in [0.05, 0.1) is 36.6 Å². The highest BCUT2D eigenvalue weighted by atomic mass is 16.5. The minimum absolute atomic E-state index is 0.0777. The zero-order chi connectivity index (χ0) is 33.8. The standard InChI is InChI=1S/C42H42N4O2/c1-41(2,3)28-20-30(27-17-19-43-24-27)39(47-7)32(22-28)35-15-13-25-11-12-26-14-16-36(46-38(26)37(25)45-35)33-23-29(42(4,5)6)21-31(40(33)48-8)34-10-9-18-44-34/h9-24,43-44H,1-8H3. The van der Waals surface area contributed by atoms with Crippen LogP contribution in [0, 0.1) is 0 Å². The van der Waals surface area contributed by atoms with E-state index in [9.17, 15) is 0 Å². The molecule has 6 nitrogen and oxygen atoms in total. The van der Waals surface area contributed by atoms with E-state index < -0.39 is 0 Å². The molecule has 48 heavy (non-hydrogen) atoms. The molecule has 7 aromatic rings. The smallest absolute Gasteiger partial charge is 0.137 e. The molecule has 0 fully saturated rings. The Morgan fingerprint density at radius 3 is 1.52 bits per heavy atom. The van der Waals surface area contributed by atoms with Gasteiger partial charge >= 0.3 is 0 Å². The first-order valence-electron chi connectivity index (χ1n) is 16.4. The summed E-state index contributed by atoms with van der Waals surface area (Å²) in [6, 6.07) is 27.7. The highest BCUT2D eigenvalue weighted by Crippen LogP contribution is 2.44. The Morgan fingerprint density at radius 2 is 1.06 bits per heavy atom. The second-order valence-corrected chi connectivity index (χ2v) is 14.5. The van der Waals surface area contributed by atoms with Crippen LogP contribution in [0.25, 0.3) is 66.7 Å². The van der Waals surface area contributed by atoms with Gasteiger partial charge < -0.3 is 19.4 Å². The lowest BCUT2D eigenvalue weighted by Crippen LogP contribution is -2.12. The number of H-pyrrole nitrogens is 2. The molecule has 0 unspecified atom stereocenters. The normalized spacial score (nSPS) is 12.2. The number of fused-ring (bicyclic) bond motifs is 3. The van der Waals surface area contributed by atoms with Crippen molar-refractivity contribution in [2.45, 2.75) is 52.4 Å². The number of aromatic amines is 2. The summed E-state index contributed by atoms with van der Waals surface area (Å²) in [5, 5.41) is 2.05. The van der Waals surface area contributed by atoms with Gasteiger partial charge in [-0.05, 0) is 76.6 Å². The molecule has 0 bridgehead atoms. The van der Waals surface area contributed by atoms with Crippen molar-refractivity contribution in [2.75, 3.05) is 14.2 Å². The van der Waals surface area contributed by atoms with E-state index in [1.54, 1.807) is 14.2 Å². The van der Waals surface area contributed by atoms with Crippen molar-refractivity contribution >= 4 is 21.8 Å². The summed E-state index contributed by atoms with van der Waals surface area (Å²) in [6.07, 6.45) is 5.88. The van der Waals surface area contributed by atoms with E-state index in [4.69, 9.17) is 19.4 Å². The maximum absolute atomic E-state index is 6.12. The number of pyridine rings is 2. The van der Waals surface area contributed by atoms with Crippen LogP contribution >= 0.6 is 0 Å². The molecule has 0 atom stereocenters. The predicted octanol–water partition coefficient (Wildman–Crippen LogP) is 10.7. The van der Waals surface area contributed by atoms with Gasteiger partial charge in [0.1, 0.15) is 11.5 Å². The molecular formula is C42H42N4O2. The first-order chi connectivity index (χ1) is 23.0. The van der Waals surface area contributed by atoms with Gasteiger partial charge in [0.2, 0.25) is 0 Å². The predicted molar refractivity (Wildman–Crippen MR) is 198 cm³/mol. The lowest BCUT2D eigenvalue weighted by molar-refractivity contribution is 0.417. The number of nitrogens with zero attached hydrogens (tertiary/aromatic N) is 2. The maximum Gasteiger partial charge on any atom is 0.137 e. The van der Waals surface area contributed by atoms with E-state index >= 15 is 0 Å². The molecule has 6 heteroatoms. The SMILES string of the molecule is COc1c(-c2cc[nH]c2)cc(C(C)(C)C)cc1-c1ccc2ccc3ccc(-c4cc(C(C)(C)C)cc(-c5ccc[nH]5)c4OC)nc3c2n1. The van der Waals surface area contributed by atoms with Crippen molar-refractivity contribution in [3.05, 3.63) is 109 Å². The molecule has 0 saturated heterocycles. The van der Waals surface area contributed by atoms with Crippen LogP contribution in [0.1, 0.15) is 52.7 Å². The summed E-state index contributed by atoms with van der Waals surface area (Å²) in [6.45, 7) is 13.4. The highest BCUT2D eigenvalue weighted by Gasteiger charge is 2.24. The third kappa shape index (κ3) is 5.51. The van der Waals surface area contributed by atoms with Crippen molar-refractivity contribution in [2.24, 2.45) is 0 Å². The van der Waals surface area contributed by atoms with E-state index in [1.165, 1.54) is 11.1 Å². The monoisotopic (exact) mass is 634 g/mol. The molecule has 0 aliphatic heterocycles. The van der Waals surface area contributed by atoms with E-state index in [0.717, 1.165) is 78.2 Å². The zero-order valence-electron chi connectivity index (χ0n) is 28.9. The van der Waals surface area contributed by atoms with Gasteiger partial charge in [-0.25, -0.2) is 9.97 Å². The number of rotatable bonds is 6. The molecule has 0 spiro atoms. The molecular weight excluding hydrogens is 592 g/mol. The summed E-state index contributed by atoms with van der Waals surface area (Å²) in [5.41, 5.74) is 11.6. The van der Waals surface area contributed by atoms with Crippen molar-refractivity contribution in [3.63, 3.8) is 0 Å². The molecule has 4 heterocycles. The largest absolute Gasteiger partial charge is 0.495 e. The van der Waals surface area contributed by atoms with Gasteiger partial charge in [-0.1, -0.05) is 65.8 Å². The van der Waals surface area contributed by atoms with Gasteiger partial charge in [-0.3, -0.25) is 0 Å². The number of aromatic nitrogens is 4. The van der Waals surface area contributed by atoms with Crippen LogP contribution in [0.3, 0.4) is 0 Å². The molecule has 242 valence electrons. The highest BCUT2D eigenvalue weighted by molar-refractivity contribution is 6.04. The van der Waals surface area contributed by atoms with E-state index in [2.05, 4.69) is 124 Å². The molecule has 3 aromatic carbocycles. The minimum atomic E-state index is -0.0811. The van der Waals surface area contributed by atoms with Crippen LogP contribution in [-0.4, -0.2) is 34.2 Å². The van der Waals surface area contributed by atoms with E-state index in [1.807, 2.05) is 24.7 Å². The Bertz CT molecular complexity index is 2110. The van der Waals surface area contributed by atoms with Crippen molar-refractivity contribution in [3.8, 4) is 56.4 Å². The molecule has 0 amide bonds. The first-order valence-corrected chi connectivity index (χ1v) is 16.4. The summed E-state index contributed by atoms with van der Waals surface area (Å²) >= 11 is 0. The van der Waals surface area contributed by atoms with Crippen LogP contribution < -0.4 is 9.47 Å². The van der Waals surface area contributed by atoms with Crippen LogP contribution in [-0.2, 0) is 10.8 Å². The van der Waals surface area contributed by atoms with E-state index in [-0.39, 0.29) is 10.8 Å². The van der Waals surface area contributed by atoms with Gasteiger partial charge in [0.25, 0.3) is 0 Å². The summed E-state index contributed by atoms with van der Waals surface area (Å²) in [4.78, 5) is 17.2. The minimum Gasteiger partial charge on any atom is -0.495 e.